The molecule has 0 spiro atoms. The molecule has 12 heavy (non-hydrogen) atoms. The zero-order chi connectivity index (χ0) is 9.99. The van der Waals surface area contributed by atoms with E-state index < -0.39 is 0 Å². The fourth-order valence-corrected chi connectivity index (χ4v) is 2.03. The molecule has 74 valence electrons. The van der Waals surface area contributed by atoms with E-state index in [9.17, 15) is 0 Å². The van der Waals surface area contributed by atoms with Crippen LogP contribution in [0.2, 0.25) is 0 Å². The van der Waals surface area contributed by atoms with Crippen molar-refractivity contribution in [3.05, 3.63) is 0 Å². The van der Waals surface area contributed by atoms with E-state index in [0.717, 1.165) is 6.42 Å². The van der Waals surface area contributed by atoms with E-state index in [1.807, 2.05) is 7.11 Å². The van der Waals surface area contributed by atoms with E-state index in [0.29, 0.717) is 6.10 Å². The van der Waals surface area contributed by atoms with Gasteiger partial charge in [0.2, 0.25) is 0 Å². The lowest BCUT2D eigenvalue weighted by atomic mass is 9.71. The molecule has 0 fully saturated rings. The van der Waals surface area contributed by atoms with E-state index in [2.05, 4.69) is 41.5 Å². The van der Waals surface area contributed by atoms with Gasteiger partial charge in [-0.1, -0.05) is 41.5 Å². The van der Waals surface area contributed by atoms with Crippen molar-refractivity contribution in [2.45, 2.75) is 54.1 Å². The topological polar surface area (TPSA) is 9.23 Å². The predicted molar refractivity (Wildman–Crippen MR) is 54.3 cm³/mol. The molecule has 0 aliphatic heterocycles. The van der Waals surface area contributed by atoms with E-state index in [4.69, 9.17) is 4.74 Å². The molecule has 1 heteroatoms. The van der Waals surface area contributed by atoms with Crippen LogP contribution in [0.25, 0.3) is 0 Å². The van der Waals surface area contributed by atoms with Gasteiger partial charge in [-0.25, -0.2) is 0 Å². The lowest BCUT2D eigenvalue weighted by Crippen LogP contribution is -2.41. The van der Waals surface area contributed by atoms with E-state index in [1.165, 1.54) is 0 Å². The number of hydrogen-bond acceptors (Lipinski definition) is 1. The van der Waals surface area contributed by atoms with E-state index in [1.54, 1.807) is 0 Å². The first-order valence-electron chi connectivity index (χ1n) is 4.78. The molecule has 0 aliphatic carbocycles. The number of methoxy groups -OCH3 is 1. The highest BCUT2D eigenvalue weighted by atomic mass is 16.5. The third kappa shape index (κ3) is 2.78. The molecular formula is C11H24O. The summed E-state index contributed by atoms with van der Waals surface area (Å²) in [6.07, 6.45) is 1.48. The van der Waals surface area contributed by atoms with Crippen LogP contribution in [0, 0.1) is 10.8 Å². The molecule has 0 rings (SSSR count). The fourth-order valence-electron chi connectivity index (χ4n) is 2.03. The SMILES string of the molecule is CCC(C)(C)[C@@H](OC)C(C)(C)C. The van der Waals surface area contributed by atoms with Crippen LogP contribution in [0.15, 0.2) is 0 Å². The van der Waals surface area contributed by atoms with Gasteiger partial charge in [0, 0.05) is 7.11 Å². The second kappa shape index (κ2) is 3.78. The van der Waals surface area contributed by atoms with Crippen LogP contribution in [0.1, 0.15) is 48.0 Å². The van der Waals surface area contributed by atoms with Crippen molar-refractivity contribution < 1.29 is 4.74 Å². The van der Waals surface area contributed by atoms with Gasteiger partial charge in [-0.05, 0) is 17.3 Å². The summed E-state index contributed by atoms with van der Waals surface area (Å²) in [5.41, 5.74) is 0.501. The van der Waals surface area contributed by atoms with Crippen molar-refractivity contribution in [3.63, 3.8) is 0 Å². The van der Waals surface area contributed by atoms with E-state index >= 15 is 0 Å². The summed E-state index contributed by atoms with van der Waals surface area (Å²) >= 11 is 0. The van der Waals surface area contributed by atoms with Crippen LogP contribution in [-0.4, -0.2) is 13.2 Å². The molecule has 0 unspecified atom stereocenters. The molecule has 0 N–H and O–H groups in total. The third-order valence-electron chi connectivity index (χ3n) is 2.64. The van der Waals surface area contributed by atoms with Crippen molar-refractivity contribution in [1.82, 2.24) is 0 Å². The minimum absolute atomic E-state index is 0.230. The number of hydrogen-bond donors (Lipinski definition) is 0. The first-order valence-corrected chi connectivity index (χ1v) is 4.78. The molecule has 0 bridgehead atoms. The third-order valence-corrected chi connectivity index (χ3v) is 2.64. The van der Waals surface area contributed by atoms with Gasteiger partial charge in [0.1, 0.15) is 0 Å². The summed E-state index contributed by atoms with van der Waals surface area (Å²) in [5, 5.41) is 0. The first-order chi connectivity index (χ1) is 5.25. The van der Waals surface area contributed by atoms with Crippen molar-refractivity contribution in [2.75, 3.05) is 7.11 Å². The van der Waals surface area contributed by atoms with Crippen molar-refractivity contribution in [3.8, 4) is 0 Å². The molecule has 0 aromatic carbocycles. The molecule has 0 aromatic heterocycles. The molecule has 0 amide bonds. The van der Waals surface area contributed by atoms with Crippen LogP contribution in [0.5, 0.6) is 0 Å². The van der Waals surface area contributed by atoms with E-state index in [-0.39, 0.29) is 10.8 Å². The average molecular weight is 172 g/mol. The van der Waals surface area contributed by atoms with Gasteiger partial charge in [0.25, 0.3) is 0 Å². The Balaban J connectivity index is 4.56. The molecule has 0 aliphatic rings. The predicted octanol–water partition coefficient (Wildman–Crippen LogP) is 3.48. The lowest BCUT2D eigenvalue weighted by Gasteiger charge is -2.41. The summed E-state index contributed by atoms with van der Waals surface area (Å²) in [7, 11) is 1.81. The average Bonchev–Trinajstić information content (AvgIpc) is 1.85. The Labute approximate surface area is 77.5 Å². The van der Waals surface area contributed by atoms with Crippen molar-refractivity contribution in [1.29, 1.82) is 0 Å². The summed E-state index contributed by atoms with van der Waals surface area (Å²) in [4.78, 5) is 0. The lowest BCUT2D eigenvalue weighted by molar-refractivity contribution is -0.0654. The number of rotatable bonds is 3. The smallest absolute Gasteiger partial charge is 0.0670 e. The summed E-state index contributed by atoms with van der Waals surface area (Å²) < 4.78 is 5.57. The van der Waals surface area contributed by atoms with Gasteiger partial charge >= 0.3 is 0 Å². The second-order valence-electron chi connectivity index (χ2n) is 5.32. The Morgan fingerprint density at radius 2 is 1.50 bits per heavy atom. The normalized spacial score (nSPS) is 16.2. The van der Waals surface area contributed by atoms with Gasteiger partial charge in [-0.2, -0.15) is 0 Å². The summed E-state index contributed by atoms with van der Waals surface area (Å²) in [5.74, 6) is 0. The highest BCUT2D eigenvalue weighted by Crippen LogP contribution is 2.37. The number of ether oxygens (including phenoxy) is 1. The molecule has 1 atom stereocenters. The largest absolute Gasteiger partial charge is 0.380 e. The van der Waals surface area contributed by atoms with Gasteiger partial charge in [0.15, 0.2) is 0 Å². The first kappa shape index (κ1) is 12.0. The van der Waals surface area contributed by atoms with Gasteiger partial charge < -0.3 is 4.74 Å². The fraction of sp³-hybridized carbons (Fsp3) is 1.00. The van der Waals surface area contributed by atoms with Gasteiger partial charge in [-0.3, -0.25) is 0 Å². The molecular weight excluding hydrogens is 148 g/mol. The highest BCUT2D eigenvalue weighted by molar-refractivity contribution is 4.86. The standard InChI is InChI=1S/C11H24O/c1-8-11(5,6)9(12-7)10(2,3)4/h9H,8H2,1-7H3/t9-/m0/s1. The van der Waals surface area contributed by atoms with Gasteiger partial charge in [0.05, 0.1) is 6.10 Å². The van der Waals surface area contributed by atoms with Crippen LogP contribution >= 0.6 is 0 Å². The molecule has 0 aromatic rings. The van der Waals surface area contributed by atoms with Gasteiger partial charge in [-0.15, -0.1) is 0 Å². The highest BCUT2D eigenvalue weighted by Gasteiger charge is 2.36. The zero-order valence-electron chi connectivity index (χ0n) is 9.69. The van der Waals surface area contributed by atoms with Crippen LogP contribution < -0.4 is 0 Å². The molecule has 0 heterocycles. The monoisotopic (exact) mass is 172 g/mol. The summed E-state index contributed by atoms with van der Waals surface area (Å²) in [6, 6.07) is 0. The maximum Gasteiger partial charge on any atom is 0.0670 e. The maximum absolute atomic E-state index is 5.57. The van der Waals surface area contributed by atoms with Crippen molar-refractivity contribution >= 4 is 0 Å². The second-order valence-corrected chi connectivity index (χ2v) is 5.32. The quantitative estimate of drug-likeness (QED) is 0.633. The Bertz CT molecular complexity index is 130. The summed E-state index contributed by atoms with van der Waals surface area (Å²) in [6.45, 7) is 13.5. The van der Waals surface area contributed by atoms with Crippen LogP contribution in [-0.2, 0) is 4.74 Å². The van der Waals surface area contributed by atoms with Crippen LogP contribution in [0.4, 0.5) is 0 Å². The maximum atomic E-state index is 5.57. The van der Waals surface area contributed by atoms with Crippen molar-refractivity contribution in [2.24, 2.45) is 10.8 Å². The zero-order valence-corrected chi connectivity index (χ0v) is 9.69. The Hall–Kier alpha value is -0.0400. The van der Waals surface area contributed by atoms with Crippen LogP contribution in [0.3, 0.4) is 0 Å². The molecule has 0 saturated carbocycles. The molecule has 0 saturated heterocycles. The minimum atomic E-state index is 0.230. The Kier molecular flexibility index (Phi) is 3.77. The Morgan fingerprint density at radius 3 is 1.58 bits per heavy atom. The molecule has 1 nitrogen and oxygen atoms in total. The Morgan fingerprint density at radius 1 is 1.08 bits per heavy atom. The molecule has 0 radical (unpaired) electrons. The minimum Gasteiger partial charge on any atom is -0.380 e.